The molecule has 154 valence electrons. The number of hydrogen-bond acceptors (Lipinski definition) is 8. The Hall–Kier alpha value is -2.01. The number of carbonyl (C=O) groups excluding carboxylic acids is 2. The van der Waals surface area contributed by atoms with Crippen molar-refractivity contribution in [3.05, 3.63) is 30.3 Å². The minimum Gasteiger partial charge on any atom is -0.302 e. The number of nitrogens with one attached hydrogen (secondary N) is 2. The van der Waals surface area contributed by atoms with Crippen LogP contribution in [-0.4, -0.2) is 58.3 Å². The van der Waals surface area contributed by atoms with E-state index >= 15 is 0 Å². The van der Waals surface area contributed by atoms with Gasteiger partial charge in [-0.15, -0.1) is 10.2 Å². The van der Waals surface area contributed by atoms with E-state index < -0.39 is 0 Å². The molecule has 2 N–H and O–H groups in total. The molecule has 0 aliphatic carbocycles. The van der Waals surface area contributed by atoms with Gasteiger partial charge in [-0.3, -0.25) is 9.59 Å². The normalized spacial score (nSPS) is 24.6. The number of aromatic nitrogens is 2. The van der Waals surface area contributed by atoms with Crippen molar-refractivity contribution < 1.29 is 9.59 Å². The van der Waals surface area contributed by atoms with Crippen molar-refractivity contribution in [2.24, 2.45) is 11.8 Å². The number of hydrazine groups is 1. The summed E-state index contributed by atoms with van der Waals surface area (Å²) in [5, 5.41) is 13.2. The monoisotopic (exact) mass is 432 g/mol. The Morgan fingerprint density at radius 1 is 1.28 bits per heavy atom. The molecule has 2 fully saturated rings. The number of piperidine rings is 1. The molecular weight excluding hydrogens is 408 g/mol. The Labute approximate surface area is 178 Å². The van der Waals surface area contributed by atoms with Gasteiger partial charge in [0.15, 0.2) is 4.34 Å². The Balaban J connectivity index is 1.53. The lowest BCUT2D eigenvalue weighted by Gasteiger charge is -2.37. The van der Waals surface area contributed by atoms with Crippen LogP contribution in [0.3, 0.4) is 0 Å². The van der Waals surface area contributed by atoms with Crippen molar-refractivity contribution in [3.8, 4) is 0 Å². The first-order valence-electron chi connectivity index (χ1n) is 9.75. The van der Waals surface area contributed by atoms with Gasteiger partial charge in [0.25, 0.3) is 0 Å². The van der Waals surface area contributed by atoms with E-state index in [-0.39, 0.29) is 29.7 Å². The molecule has 29 heavy (non-hydrogen) atoms. The fourth-order valence-corrected chi connectivity index (χ4v) is 5.50. The van der Waals surface area contributed by atoms with Crippen molar-refractivity contribution >= 4 is 45.7 Å². The first-order chi connectivity index (χ1) is 14.1. The summed E-state index contributed by atoms with van der Waals surface area (Å²) in [7, 11) is 0. The van der Waals surface area contributed by atoms with Crippen LogP contribution in [0.15, 0.2) is 34.7 Å². The third-order valence-corrected chi connectivity index (χ3v) is 7.15. The van der Waals surface area contributed by atoms with Crippen molar-refractivity contribution in [1.82, 2.24) is 20.5 Å². The first-order valence-corrected chi connectivity index (χ1v) is 11.6. The van der Waals surface area contributed by atoms with Crippen molar-refractivity contribution in [1.29, 1.82) is 0 Å². The van der Waals surface area contributed by atoms with E-state index in [1.54, 1.807) is 16.8 Å². The number of hydrogen-bond donors (Lipinski definition) is 2. The van der Waals surface area contributed by atoms with Crippen LogP contribution in [0.2, 0.25) is 0 Å². The van der Waals surface area contributed by atoms with Crippen molar-refractivity contribution in [2.45, 2.75) is 24.2 Å². The number of likely N-dealkylation sites (tertiary alicyclic amines) is 1. The molecule has 2 amide bonds. The zero-order valence-corrected chi connectivity index (χ0v) is 18.0. The Morgan fingerprint density at radius 3 is 2.79 bits per heavy atom. The van der Waals surface area contributed by atoms with Crippen molar-refractivity contribution in [3.63, 3.8) is 0 Å². The maximum Gasteiger partial charge on any atom is 0.247 e. The highest BCUT2D eigenvalue weighted by Crippen LogP contribution is 2.33. The number of para-hydroxylation sites is 1. The minimum atomic E-state index is -0.363. The highest BCUT2D eigenvalue weighted by atomic mass is 32.2. The van der Waals surface area contributed by atoms with Gasteiger partial charge in [-0.25, -0.2) is 10.4 Å². The predicted molar refractivity (Wildman–Crippen MR) is 115 cm³/mol. The number of fused-ring (bicyclic) bond motifs is 1. The average Bonchev–Trinajstić information content (AvgIpc) is 3.32. The largest absolute Gasteiger partial charge is 0.302 e. The van der Waals surface area contributed by atoms with Gasteiger partial charge >= 0.3 is 0 Å². The van der Waals surface area contributed by atoms with Gasteiger partial charge in [-0.2, -0.15) is 0 Å². The Bertz CT molecular complexity index is 877. The first kappa shape index (κ1) is 20.3. The molecule has 1 aromatic heterocycles. The summed E-state index contributed by atoms with van der Waals surface area (Å²) < 4.78 is 0.837. The van der Waals surface area contributed by atoms with Crippen LogP contribution < -0.4 is 15.8 Å². The molecule has 0 spiro atoms. The highest BCUT2D eigenvalue weighted by molar-refractivity contribution is 8.01. The number of benzene rings is 1. The number of carbonyl (C=O) groups is 2. The van der Waals surface area contributed by atoms with Crippen LogP contribution in [-0.2, 0) is 9.59 Å². The number of nitrogens with zero attached hydrogens (tertiary/aromatic N) is 4. The second-order valence-electron chi connectivity index (χ2n) is 7.02. The van der Waals surface area contributed by atoms with Gasteiger partial charge in [-0.05, 0) is 24.4 Å². The van der Waals surface area contributed by atoms with Crippen LogP contribution in [0.1, 0.15) is 13.8 Å². The van der Waals surface area contributed by atoms with Crippen LogP contribution in [0.4, 0.5) is 10.8 Å². The maximum absolute atomic E-state index is 13.1. The maximum atomic E-state index is 13.1. The third-order valence-electron chi connectivity index (χ3n) is 5.30. The molecule has 10 heteroatoms. The molecule has 1 aromatic carbocycles. The fourth-order valence-electron chi connectivity index (χ4n) is 3.85. The topological polar surface area (TPSA) is 90.5 Å². The van der Waals surface area contributed by atoms with E-state index in [2.05, 4.69) is 32.8 Å². The van der Waals surface area contributed by atoms with E-state index in [0.717, 1.165) is 22.3 Å². The molecule has 0 bridgehead atoms. The molecule has 4 rings (SSSR count). The van der Waals surface area contributed by atoms with Gasteiger partial charge in [0.1, 0.15) is 0 Å². The predicted octanol–water partition coefficient (Wildman–Crippen LogP) is 2.08. The van der Waals surface area contributed by atoms with Gasteiger partial charge in [0, 0.05) is 13.1 Å². The number of rotatable bonds is 6. The molecule has 2 aliphatic rings. The smallest absolute Gasteiger partial charge is 0.247 e. The average molecular weight is 433 g/mol. The molecule has 0 radical (unpaired) electrons. The lowest BCUT2D eigenvalue weighted by atomic mass is 9.84. The second kappa shape index (κ2) is 8.78. The number of thioether (sulfide) groups is 1. The zero-order chi connectivity index (χ0) is 20.4. The summed E-state index contributed by atoms with van der Waals surface area (Å²) in [5.41, 5.74) is 4.10. The SMILES string of the molecule is CCSc1nnc(NC(=O)C2CN(CC)CC3C(=O)N(c4ccccc4)NC23)s1. The van der Waals surface area contributed by atoms with Crippen LogP contribution in [0.25, 0.3) is 0 Å². The van der Waals surface area contributed by atoms with E-state index in [4.69, 9.17) is 0 Å². The minimum absolute atomic E-state index is 0.00898. The molecule has 2 saturated heterocycles. The van der Waals surface area contributed by atoms with Crippen LogP contribution >= 0.6 is 23.1 Å². The zero-order valence-electron chi connectivity index (χ0n) is 16.4. The molecule has 2 aliphatic heterocycles. The lowest BCUT2D eigenvalue weighted by Crippen LogP contribution is -2.55. The van der Waals surface area contributed by atoms with Gasteiger partial charge < -0.3 is 10.2 Å². The number of amides is 2. The molecule has 2 aromatic rings. The van der Waals surface area contributed by atoms with Gasteiger partial charge in [-0.1, -0.05) is 55.1 Å². The van der Waals surface area contributed by atoms with Crippen molar-refractivity contribution in [2.75, 3.05) is 35.7 Å². The summed E-state index contributed by atoms with van der Waals surface area (Å²) in [6.07, 6.45) is 0. The van der Waals surface area contributed by atoms with E-state index in [1.165, 1.54) is 11.3 Å². The van der Waals surface area contributed by atoms with Crippen LogP contribution in [0.5, 0.6) is 0 Å². The lowest BCUT2D eigenvalue weighted by molar-refractivity contribution is -0.126. The van der Waals surface area contributed by atoms with E-state index in [9.17, 15) is 9.59 Å². The van der Waals surface area contributed by atoms with Gasteiger partial charge in [0.2, 0.25) is 16.9 Å². The molecule has 3 atom stereocenters. The molecular formula is C19H24N6O2S2. The molecule has 3 heterocycles. The molecule has 8 nitrogen and oxygen atoms in total. The summed E-state index contributed by atoms with van der Waals surface area (Å²) >= 11 is 2.98. The second-order valence-corrected chi connectivity index (χ2v) is 9.51. The van der Waals surface area contributed by atoms with E-state index in [0.29, 0.717) is 18.2 Å². The Kier molecular flexibility index (Phi) is 6.14. The summed E-state index contributed by atoms with van der Waals surface area (Å²) in [4.78, 5) is 28.4. The third kappa shape index (κ3) is 4.16. The van der Waals surface area contributed by atoms with Crippen LogP contribution in [0, 0.1) is 11.8 Å². The van der Waals surface area contributed by atoms with Gasteiger partial charge in [0.05, 0.1) is 23.6 Å². The highest BCUT2D eigenvalue weighted by Gasteiger charge is 2.50. The molecule has 3 unspecified atom stereocenters. The summed E-state index contributed by atoms with van der Waals surface area (Å²) in [6, 6.07) is 9.25. The Morgan fingerprint density at radius 2 is 2.07 bits per heavy atom. The summed E-state index contributed by atoms with van der Waals surface area (Å²) in [6.45, 7) is 6.14. The quantitative estimate of drug-likeness (QED) is 0.533. The molecule has 0 saturated carbocycles. The van der Waals surface area contributed by atoms with E-state index in [1.807, 2.05) is 37.3 Å². The fraction of sp³-hybridized carbons (Fsp3) is 0.474. The number of anilines is 2. The summed E-state index contributed by atoms with van der Waals surface area (Å²) in [5.74, 6) is 0.159. The standard InChI is InChI=1S/C19H24N6O2S2/c1-3-24-10-13(16(26)20-18-21-22-19(29-18)28-4-2)15-14(11-24)17(27)25(23-15)12-8-6-5-7-9-12/h5-9,13-15,23H,3-4,10-11H2,1-2H3,(H,20,21,26).